The first kappa shape index (κ1) is 13.8. The van der Waals surface area contributed by atoms with E-state index in [9.17, 15) is 0 Å². The maximum absolute atomic E-state index is 6.13. The van der Waals surface area contributed by atoms with Gasteiger partial charge in [0.1, 0.15) is 6.10 Å². The predicted octanol–water partition coefficient (Wildman–Crippen LogP) is 2.63. The highest BCUT2D eigenvalue weighted by atomic mass is 35.5. The molecule has 7 heteroatoms. The molecule has 0 radical (unpaired) electrons. The molecule has 2 heterocycles. The Kier molecular flexibility index (Phi) is 4.21. The second-order valence-electron chi connectivity index (χ2n) is 4.49. The van der Waals surface area contributed by atoms with E-state index in [0.29, 0.717) is 41.3 Å². The normalized spacial score (nSPS) is 19.2. The summed E-state index contributed by atoms with van der Waals surface area (Å²) >= 11 is 12.3. The maximum atomic E-state index is 6.13. The lowest BCUT2D eigenvalue weighted by atomic mass is 10.1. The van der Waals surface area contributed by atoms with Crippen molar-refractivity contribution < 1.29 is 9.26 Å². The third kappa shape index (κ3) is 2.96. The Balaban J connectivity index is 1.77. The Hall–Kier alpha value is -1.14. The van der Waals surface area contributed by atoms with Gasteiger partial charge in [0, 0.05) is 29.6 Å². The third-order valence-corrected chi connectivity index (χ3v) is 3.79. The number of aromatic nitrogens is 2. The molecule has 1 atom stereocenters. The zero-order valence-corrected chi connectivity index (χ0v) is 12.1. The summed E-state index contributed by atoms with van der Waals surface area (Å²) in [5.41, 5.74) is 0.797. The lowest BCUT2D eigenvalue weighted by Gasteiger charge is -2.19. The van der Waals surface area contributed by atoms with Crippen LogP contribution in [0.1, 0.15) is 23.4 Å². The van der Waals surface area contributed by atoms with E-state index in [1.807, 2.05) is 0 Å². The predicted molar refractivity (Wildman–Crippen MR) is 75.1 cm³/mol. The summed E-state index contributed by atoms with van der Waals surface area (Å²) in [5.74, 6) is 1.03. The van der Waals surface area contributed by atoms with Crippen molar-refractivity contribution in [3.63, 3.8) is 0 Å². The molecular weight excluding hydrogens is 301 g/mol. The number of morpholine rings is 1. The molecule has 1 saturated heterocycles. The first-order valence-corrected chi connectivity index (χ1v) is 7.07. The van der Waals surface area contributed by atoms with Crippen LogP contribution in [0.15, 0.2) is 22.7 Å². The van der Waals surface area contributed by atoms with E-state index in [2.05, 4.69) is 15.5 Å². The fraction of sp³-hybridized carbons (Fsp3) is 0.385. The zero-order chi connectivity index (χ0) is 13.9. The molecule has 0 bridgehead atoms. The summed E-state index contributed by atoms with van der Waals surface area (Å²) in [4.78, 5) is 4.35. The van der Waals surface area contributed by atoms with Gasteiger partial charge in [0.15, 0.2) is 5.82 Å². The molecule has 1 fully saturated rings. The minimum Gasteiger partial charge on any atom is -0.366 e. The number of benzene rings is 1. The maximum Gasteiger partial charge on any atom is 0.257 e. The van der Waals surface area contributed by atoms with Crippen LogP contribution in [0.4, 0.5) is 0 Å². The van der Waals surface area contributed by atoms with Crippen LogP contribution in [-0.2, 0) is 11.2 Å². The van der Waals surface area contributed by atoms with E-state index in [1.54, 1.807) is 18.2 Å². The molecule has 3 rings (SSSR count). The zero-order valence-electron chi connectivity index (χ0n) is 10.6. The van der Waals surface area contributed by atoms with E-state index in [4.69, 9.17) is 32.5 Å². The summed E-state index contributed by atoms with van der Waals surface area (Å²) < 4.78 is 10.8. The van der Waals surface area contributed by atoms with Gasteiger partial charge in [0.05, 0.1) is 6.61 Å². The molecule has 1 N–H and O–H groups in total. The number of halogens is 2. The lowest BCUT2D eigenvalue weighted by molar-refractivity contribution is 0.00755. The van der Waals surface area contributed by atoms with Crippen molar-refractivity contribution in [2.75, 3.05) is 19.7 Å². The van der Waals surface area contributed by atoms with Crippen molar-refractivity contribution in [2.45, 2.75) is 12.5 Å². The molecule has 1 aromatic carbocycles. The van der Waals surface area contributed by atoms with Crippen molar-refractivity contribution in [2.24, 2.45) is 0 Å². The Morgan fingerprint density at radius 3 is 2.80 bits per heavy atom. The van der Waals surface area contributed by atoms with Crippen LogP contribution in [0.2, 0.25) is 10.0 Å². The summed E-state index contributed by atoms with van der Waals surface area (Å²) in [6.07, 6.45) is 0.244. The van der Waals surface area contributed by atoms with Crippen molar-refractivity contribution in [1.82, 2.24) is 15.5 Å². The van der Waals surface area contributed by atoms with E-state index in [-0.39, 0.29) is 6.10 Å². The minimum atomic E-state index is -0.188. The Labute approximate surface area is 126 Å². The standard InChI is InChI=1S/C13H13Cl2N3O2/c14-9-2-1-3-10(15)8(9)6-12-17-13(20-18-12)11-7-16-4-5-19-11/h1-3,11,16H,4-7H2. The van der Waals surface area contributed by atoms with Crippen molar-refractivity contribution >= 4 is 23.2 Å². The van der Waals surface area contributed by atoms with Gasteiger partial charge in [-0.1, -0.05) is 34.4 Å². The fourth-order valence-corrected chi connectivity index (χ4v) is 2.58. The van der Waals surface area contributed by atoms with Gasteiger partial charge in [0.2, 0.25) is 0 Å². The average molecular weight is 314 g/mol. The van der Waals surface area contributed by atoms with Gasteiger partial charge in [-0.15, -0.1) is 0 Å². The van der Waals surface area contributed by atoms with Crippen molar-refractivity contribution in [1.29, 1.82) is 0 Å². The van der Waals surface area contributed by atoms with Crippen LogP contribution in [-0.4, -0.2) is 29.8 Å². The number of nitrogens with one attached hydrogen (secondary N) is 1. The van der Waals surface area contributed by atoms with Gasteiger partial charge in [-0.25, -0.2) is 0 Å². The molecule has 1 aromatic heterocycles. The van der Waals surface area contributed by atoms with Crippen molar-refractivity contribution in [3.8, 4) is 0 Å². The van der Waals surface area contributed by atoms with E-state index in [1.165, 1.54) is 0 Å². The quantitative estimate of drug-likeness (QED) is 0.944. The summed E-state index contributed by atoms with van der Waals surface area (Å²) in [6, 6.07) is 5.38. The van der Waals surface area contributed by atoms with Crippen LogP contribution in [0.3, 0.4) is 0 Å². The highest BCUT2D eigenvalue weighted by Gasteiger charge is 2.22. The molecule has 1 aliphatic heterocycles. The molecule has 0 spiro atoms. The SMILES string of the molecule is Clc1cccc(Cl)c1Cc1noc(C2CNCCO2)n1. The Morgan fingerprint density at radius 2 is 2.10 bits per heavy atom. The van der Waals surface area contributed by atoms with Gasteiger partial charge in [-0.2, -0.15) is 4.98 Å². The Morgan fingerprint density at radius 1 is 1.30 bits per heavy atom. The number of hydrogen-bond donors (Lipinski definition) is 1. The summed E-state index contributed by atoms with van der Waals surface area (Å²) in [7, 11) is 0. The first-order chi connectivity index (χ1) is 9.74. The number of ether oxygens (including phenoxy) is 1. The van der Waals surface area contributed by atoms with Crippen molar-refractivity contribution in [3.05, 3.63) is 45.5 Å². The summed E-state index contributed by atoms with van der Waals surface area (Å²) in [6.45, 7) is 2.15. The highest BCUT2D eigenvalue weighted by Crippen LogP contribution is 2.26. The largest absolute Gasteiger partial charge is 0.366 e. The topological polar surface area (TPSA) is 60.2 Å². The van der Waals surface area contributed by atoms with E-state index in [0.717, 1.165) is 12.1 Å². The van der Waals surface area contributed by atoms with Gasteiger partial charge in [-0.05, 0) is 17.7 Å². The smallest absolute Gasteiger partial charge is 0.257 e. The molecular formula is C13H13Cl2N3O2. The second kappa shape index (κ2) is 6.10. The number of rotatable bonds is 3. The molecule has 1 aliphatic rings. The molecule has 0 saturated carbocycles. The van der Waals surface area contributed by atoms with Gasteiger partial charge in [0.25, 0.3) is 5.89 Å². The molecule has 106 valence electrons. The van der Waals surface area contributed by atoms with E-state index >= 15 is 0 Å². The van der Waals surface area contributed by atoms with Gasteiger partial charge in [-0.3, -0.25) is 0 Å². The fourth-order valence-electron chi connectivity index (χ4n) is 2.05. The monoisotopic (exact) mass is 313 g/mol. The summed E-state index contributed by atoms with van der Waals surface area (Å²) in [5, 5.41) is 8.37. The van der Waals surface area contributed by atoms with Crippen LogP contribution >= 0.6 is 23.2 Å². The molecule has 1 unspecified atom stereocenters. The molecule has 5 nitrogen and oxygen atoms in total. The van der Waals surface area contributed by atoms with Crippen LogP contribution < -0.4 is 5.32 Å². The molecule has 2 aromatic rings. The van der Waals surface area contributed by atoms with Crippen LogP contribution in [0.25, 0.3) is 0 Å². The van der Waals surface area contributed by atoms with Gasteiger partial charge < -0.3 is 14.6 Å². The molecule has 0 amide bonds. The first-order valence-electron chi connectivity index (χ1n) is 6.32. The highest BCUT2D eigenvalue weighted by molar-refractivity contribution is 6.36. The average Bonchev–Trinajstić information content (AvgIpc) is 2.93. The van der Waals surface area contributed by atoms with Crippen LogP contribution in [0.5, 0.6) is 0 Å². The third-order valence-electron chi connectivity index (χ3n) is 3.08. The molecule has 0 aliphatic carbocycles. The number of nitrogens with zero attached hydrogens (tertiary/aromatic N) is 2. The van der Waals surface area contributed by atoms with Crippen LogP contribution in [0, 0.1) is 0 Å². The second-order valence-corrected chi connectivity index (χ2v) is 5.30. The molecule has 20 heavy (non-hydrogen) atoms. The number of hydrogen-bond acceptors (Lipinski definition) is 5. The Bertz CT molecular complexity index is 577. The van der Waals surface area contributed by atoms with Gasteiger partial charge >= 0.3 is 0 Å². The van der Waals surface area contributed by atoms with E-state index < -0.39 is 0 Å². The minimum absolute atomic E-state index is 0.188. The lowest BCUT2D eigenvalue weighted by Crippen LogP contribution is -2.33.